The highest BCUT2D eigenvalue weighted by molar-refractivity contribution is 5.33. The summed E-state index contributed by atoms with van der Waals surface area (Å²) in [5, 5.41) is 0. The smallest absolute Gasteiger partial charge is 0.122 e. The van der Waals surface area contributed by atoms with Crippen molar-refractivity contribution in [1.82, 2.24) is 0 Å². The van der Waals surface area contributed by atoms with Crippen LogP contribution in [0.2, 0.25) is 0 Å². The normalized spacial score (nSPS) is 12.5. The van der Waals surface area contributed by atoms with Crippen molar-refractivity contribution in [1.29, 1.82) is 0 Å². The Balaban J connectivity index is 2.65. The number of methoxy groups -OCH3 is 1. The fraction of sp³-hybridized carbons (Fsp3) is 0.455. The van der Waals surface area contributed by atoms with E-state index in [4.69, 9.17) is 10.5 Å². The minimum absolute atomic E-state index is 0.376. The van der Waals surface area contributed by atoms with Crippen LogP contribution in [0.25, 0.3) is 0 Å². The van der Waals surface area contributed by atoms with Crippen molar-refractivity contribution in [2.24, 2.45) is 5.73 Å². The summed E-state index contributed by atoms with van der Waals surface area (Å²) >= 11 is 0. The van der Waals surface area contributed by atoms with E-state index in [1.54, 1.807) is 7.11 Å². The summed E-state index contributed by atoms with van der Waals surface area (Å²) in [5.74, 6) is 0.743. The molecule has 2 N–H and O–H groups in total. The quantitative estimate of drug-likeness (QED) is 0.782. The van der Waals surface area contributed by atoms with Gasteiger partial charge in [-0.15, -0.1) is 0 Å². The van der Waals surface area contributed by atoms with Crippen molar-refractivity contribution in [2.75, 3.05) is 13.7 Å². The van der Waals surface area contributed by atoms with Crippen molar-refractivity contribution in [2.45, 2.75) is 19.0 Å². The highest BCUT2D eigenvalue weighted by atomic mass is 19.1. The summed E-state index contributed by atoms with van der Waals surface area (Å²) in [6, 6.07) is 7.47. The van der Waals surface area contributed by atoms with Crippen LogP contribution in [0.4, 0.5) is 4.39 Å². The lowest BCUT2D eigenvalue weighted by Crippen LogP contribution is -2.12. The van der Waals surface area contributed by atoms with Crippen LogP contribution < -0.4 is 10.5 Å². The van der Waals surface area contributed by atoms with Gasteiger partial charge in [-0.05, 0) is 24.6 Å². The molecular formula is C11H16FNO. The zero-order valence-electron chi connectivity index (χ0n) is 8.37. The first kappa shape index (κ1) is 11.0. The van der Waals surface area contributed by atoms with Crippen LogP contribution in [0, 0.1) is 0 Å². The third-order valence-corrected chi connectivity index (χ3v) is 2.11. The molecule has 0 heterocycles. The molecule has 0 aliphatic carbocycles. The van der Waals surface area contributed by atoms with Gasteiger partial charge >= 0.3 is 0 Å². The number of para-hydroxylation sites is 1. The topological polar surface area (TPSA) is 35.2 Å². The number of benzene rings is 1. The van der Waals surface area contributed by atoms with E-state index in [9.17, 15) is 4.39 Å². The lowest BCUT2D eigenvalue weighted by atomic mass is 10.1. The molecule has 1 rings (SSSR count). The van der Waals surface area contributed by atoms with Gasteiger partial charge in [-0.1, -0.05) is 18.2 Å². The van der Waals surface area contributed by atoms with E-state index < -0.39 is 6.17 Å². The van der Waals surface area contributed by atoms with Gasteiger partial charge in [-0.3, -0.25) is 0 Å². The molecule has 0 amide bonds. The maximum absolute atomic E-state index is 13.3. The van der Waals surface area contributed by atoms with Gasteiger partial charge in [-0.25, -0.2) is 4.39 Å². The van der Waals surface area contributed by atoms with Crippen LogP contribution in [0.15, 0.2) is 24.3 Å². The van der Waals surface area contributed by atoms with Crippen molar-refractivity contribution in [3.8, 4) is 5.75 Å². The Morgan fingerprint density at radius 3 is 2.79 bits per heavy atom. The number of hydrogen-bond donors (Lipinski definition) is 1. The highest BCUT2D eigenvalue weighted by Crippen LogP contribution is 2.20. The van der Waals surface area contributed by atoms with E-state index in [0.29, 0.717) is 19.4 Å². The first-order chi connectivity index (χ1) is 6.77. The van der Waals surface area contributed by atoms with Crippen molar-refractivity contribution in [3.63, 3.8) is 0 Å². The molecule has 3 heteroatoms. The second-order valence-electron chi connectivity index (χ2n) is 3.19. The molecule has 0 aliphatic heterocycles. The van der Waals surface area contributed by atoms with E-state index in [1.807, 2.05) is 24.3 Å². The summed E-state index contributed by atoms with van der Waals surface area (Å²) in [5.41, 5.74) is 6.18. The summed E-state index contributed by atoms with van der Waals surface area (Å²) in [7, 11) is 1.59. The standard InChI is InChI=1S/C11H16FNO/c1-14-11-5-3-2-4-9(11)8-10(12)6-7-13/h2-5,10H,6-8,13H2,1H3. The van der Waals surface area contributed by atoms with Crippen molar-refractivity contribution < 1.29 is 9.13 Å². The summed E-state index contributed by atoms with van der Waals surface area (Å²) in [6.07, 6.45) is -0.101. The number of rotatable bonds is 5. The van der Waals surface area contributed by atoms with Gasteiger partial charge in [0.1, 0.15) is 11.9 Å². The van der Waals surface area contributed by atoms with E-state index in [2.05, 4.69) is 0 Å². The molecule has 0 spiro atoms. The Kier molecular flexibility index (Phi) is 4.40. The molecule has 0 radical (unpaired) electrons. The number of alkyl halides is 1. The molecule has 0 saturated carbocycles. The Hall–Kier alpha value is -1.09. The third kappa shape index (κ3) is 3.00. The van der Waals surface area contributed by atoms with Crippen molar-refractivity contribution in [3.05, 3.63) is 29.8 Å². The SMILES string of the molecule is COc1ccccc1CC(F)CCN. The van der Waals surface area contributed by atoms with E-state index in [1.165, 1.54) is 0 Å². The molecule has 1 atom stereocenters. The van der Waals surface area contributed by atoms with Gasteiger partial charge in [0.15, 0.2) is 0 Å². The number of ether oxygens (including phenoxy) is 1. The largest absolute Gasteiger partial charge is 0.496 e. The molecule has 0 aromatic heterocycles. The van der Waals surface area contributed by atoms with Crippen LogP contribution >= 0.6 is 0 Å². The van der Waals surface area contributed by atoms with E-state index >= 15 is 0 Å². The average molecular weight is 197 g/mol. The Bertz CT molecular complexity index is 278. The molecule has 0 saturated heterocycles. The number of halogens is 1. The maximum Gasteiger partial charge on any atom is 0.122 e. The minimum Gasteiger partial charge on any atom is -0.496 e. The predicted molar refractivity (Wildman–Crippen MR) is 55.3 cm³/mol. The Morgan fingerprint density at radius 1 is 1.43 bits per heavy atom. The molecule has 1 aromatic carbocycles. The minimum atomic E-state index is -0.878. The van der Waals surface area contributed by atoms with Gasteiger partial charge < -0.3 is 10.5 Å². The lowest BCUT2D eigenvalue weighted by molar-refractivity contribution is 0.311. The van der Waals surface area contributed by atoms with Crippen molar-refractivity contribution >= 4 is 0 Å². The zero-order chi connectivity index (χ0) is 10.4. The second-order valence-corrected chi connectivity index (χ2v) is 3.19. The number of nitrogens with two attached hydrogens (primary N) is 1. The molecule has 2 nitrogen and oxygen atoms in total. The lowest BCUT2D eigenvalue weighted by Gasteiger charge is -2.10. The van der Waals surface area contributed by atoms with Gasteiger partial charge in [0.25, 0.3) is 0 Å². The van der Waals surface area contributed by atoms with Gasteiger partial charge in [0.05, 0.1) is 7.11 Å². The van der Waals surface area contributed by atoms with Gasteiger partial charge in [0, 0.05) is 6.42 Å². The summed E-state index contributed by atoms with van der Waals surface area (Å²) < 4.78 is 18.4. The van der Waals surface area contributed by atoms with Crippen LogP contribution in [0.1, 0.15) is 12.0 Å². The molecular weight excluding hydrogens is 181 g/mol. The molecule has 1 unspecified atom stereocenters. The molecule has 14 heavy (non-hydrogen) atoms. The third-order valence-electron chi connectivity index (χ3n) is 2.11. The van der Waals surface area contributed by atoms with Crippen LogP contribution in [-0.4, -0.2) is 19.8 Å². The van der Waals surface area contributed by atoms with Crippen LogP contribution in [-0.2, 0) is 6.42 Å². The molecule has 0 fully saturated rings. The summed E-state index contributed by atoms with van der Waals surface area (Å²) in [6.45, 7) is 0.385. The van der Waals surface area contributed by atoms with Crippen LogP contribution in [0.3, 0.4) is 0 Å². The highest BCUT2D eigenvalue weighted by Gasteiger charge is 2.09. The first-order valence-corrected chi connectivity index (χ1v) is 4.74. The molecule has 0 aliphatic rings. The van der Waals surface area contributed by atoms with E-state index in [-0.39, 0.29) is 0 Å². The summed E-state index contributed by atoms with van der Waals surface area (Å²) in [4.78, 5) is 0. The molecule has 1 aromatic rings. The second kappa shape index (κ2) is 5.60. The predicted octanol–water partition coefficient (Wildman–Crippen LogP) is 1.92. The Morgan fingerprint density at radius 2 is 2.14 bits per heavy atom. The first-order valence-electron chi connectivity index (χ1n) is 4.74. The van der Waals surface area contributed by atoms with Crippen LogP contribution in [0.5, 0.6) is 5.75 Å². The molecule has 0 bridgehead atoms. The van der Waals surface area contributed by atoms with Gasteiger partial charge in [0.2, 0.25) is 0 Å². The fourth-order valence-corrected chi connectivity index (χ4v) is 1.39. The average Bonchev–Trinajstić information content (AvgIpc) is 2.19. The zero-order valence-corrected chi connectivity index (χ0v) is 8.37. The number of hydrogen-bond acceptors (Lipinski definition) is 2. The van der Waals surface area contributed by atoms with Gasteiger partial charge in [-0.2, -0.15) is 0 Å². The monoisotopic (exact) mass is 197 g/mol. The molecule has 78 valence electrons. The Labute approximate surface area is 83.9 Å². The fourth-order valence-electron chi connectivity index (χ4n) is 1.39. The maximum atomic E-state index is 13.3. The van der Waals surface area contributed by atoms with E-state index in [0.717, 1.165) is 11.3 Å².